The van der Waals surface area contributed by atoms with Crippen LogP contribution in [0.3, 0.4) is 0 Å². The zero-order valence-electron chi connectivity index (χ0n) is 9.67. The predicted molar refractivity (Wildman–Crippen MR) is 65.6 cm³/mol. The molecule has 2 heterocycles. The molecule has 1 N–H and O–H groups in total. The van der Waals surface area contributed by atoms with Crippen molar-refractivity contribution in [2.75, 3.05) is 19.7 Å². The smallest absolute Gasteiger partial charge is 0.257 e. The minimum Gasteiger partial charge on any atom is -0.419 e. The van der Waals surface area contributed by atoms with Gasteiger partial charge >= 0.3 is 0 Å². The van der Waals surface area contributed by atoms with E-state index < -0.39 is 0 Å². The number of aliphatic hydroxyl groups is 1. The van der Waals surface area contributed by atoms with Crippen molar-refractivity contribution >= 4 is 11.3 Å². The molecule has 0 atom stereocenters. The summed E-state index contributed by atoms with van der Waals surface area (Å²) in [6.45, 7) is 4.21. The third-order valence-electron chi connectivity index (χ3n) is 2.42. The van der Waals surface area contributed by atoms with Crippen LogP contribution in [0.5, 0.6) is 0 Å². The summed E-state index contributed by atoms with van der Waals surface area (Å²) >= 11 is 1.57. The van der Waals surface area contributed by atoms with Gasteiger partial charge in [-0.25, -0.2) is 0 Å². The Hall–Kier alpha value is -1.24. The van der Waals surface area contributed by atoms with Gasteiger partial charge < -0.3 is 9.52 Å². The molecular formula is C11H15N3O2S. The van der Waals surface area contributed by atoms with E-state index in [1.807, 2.05) is 29.3 Å². The minimum absolute atomic E-state index is 0.139. The summed E-state index contributed by atoms with van der Waals surface area (Å²) in [6, 6.07) is 3.90. The molecule has 0 radical (unpaired) electrons. The molecule has 92 valence electrons. The number of hydrogen-bond acceptors (Lipinski definition) is 6. The summed E-state index contributed by atoms with van der Waals surface area (Å²) in [4.78, 5) is 3.03. The number of thiophene rings is 1. The second kappa shape index (κ2) is 5.90. The third-order valence-corrected chi connectivity index (χ3v) is 3.28. The highest BCUT2D eigenvalue weighted by molar-refractivity contribution is 7.13. The van der Waals surface area contributed by atoms with Crippen LogP contribution in [-0.4, -0.2) is 39.9 Å². The second-order valence-corrected chi connectivity index (χ2v) is 4.52. The van der Waals surface area contributed by atoms with Crippen LogP contribution in [0.1, 0.15) is 12.8 Å². The van der Waals surface area contributed by atoms with E-state index in [4.69, 9.17) is 9.52 Å². The van der Waals surface area contributed by atoms with Gasteiger partial charge in [0.25, 0.3) is 5.89 Å². The molecule has 0 saturated heterocycles. The molecule has 0 amide bonds. The largest absolute Gasteiger partial charge is 0.419 e. The van der Waals surface area contributed by atoms with Crippen molar-refractivity contribution in [3.63, 3.8) is 0 Å². The average molecular weight is 253 g/mol. The van der Waals surface area contributed by atoms with Crippen molar-refractivity contribution in [2.45, 2.75) is 13.5 Å². The maximum Gasteiger partial charge on any atom is 0.257 e. The molecule has 0 unspecified atom stereocenters. The normalized spacial score (nSPS) is 11.2. The van der Waals surface area contributed by atoms with Gasteiger partial charge in [0, 0.05) is 6.54 Å². The molecule has 2 aromatic heterocycles. The Balaban J connectivity index is 2.03. The number of aliphatic hydroxyl groups excluding tert-OH is 1. The molecule has 2 rings (SSSR count). The number of hydrogen-bond donors (Lipinski definition) is 1. The predicted octanol–water partition coefficient (Wildman–Crippen LogP) is 1.61. The highest BCUT2D eigenvalue weighted by Gasteiger charge is 2.11. The molecule has 0 aromatic carbocycles. The lowest BCUT2D eigenvalue weighted by atomic mass is 10.4. The molecule has 0 fully saturated rings. The molecule has 6 heteroatoms. The average Bonchev–Trinajstić information content (AvgIpc) is 2.98. The Morgan fingerprint density at radius 1 is 1.47 bits per heavy atom. The summed E-state index contributed by atoms with van der Waals surface area (Å²) in [5.74, 6) is 1.15. The molecule has 0 spiro atoms. The van der Waals surface area contributed by atoms with Gasteiger partial charge in [-0.1, -0.05) is 13.0 Å². The number of aromatic nitrogens is 2. The van der Waals surface area contributed by atoms with E-state index in [-0.39, 0.29) is 6.61 Å². The number of rotatable bonds is 6. The Morgan fingerprint density at radius 3 is 3.00 bits per heavy atom. The summed E-state index contributed by atoms with van der Waals surface area (Å²) in [5.41, 5.74) is 0. The fourth-order valence-electron chi connectivity index (χ4n) is 1.50. The van der Waals surface area contributed by atoms with Crippen molar-refractivity contribution in [1.82, 2.24) is 15.1 Å². The minimum atomic E-state index is 0.139. The van der Waals surface area contributed by atoms with Gasteiger partial charge in [0.15, 0.2) is 0 Å². The quantitative estimate of drug-likeness (QED) is 0.847. The lowest BCUT2D eigenvalue weighted by Crippen LogP contribution is -2.26. The van der Waals surface area contributed by atoms with E-state index in [2.05, 4.69) is 10.2 Å². The first-order valence-electron chi connectivity index (χ1n) is 5.53. The Morgan fingerprint density at radius 2 is 2.35 bits per heavy atom. The van der Waals surface area contributed by atoms with Gasteiger partial charge in [-0.2, -0.15) is 0 Å². The lowest BCUT2D eigenvalue weighted by molar-refractivity contribution is 0.185. The third kappa shape index (κ3) is 3.12. The van der Waals surface area contributed by atoms with Crippen molar-refractivity contribution in [3.8, 4) is 10.8 Å². The molecule has 0 saturated carbocycles. The van der Waals surface area contributed by atoms with Gasteiger partial charge in [-0.15, -0.1) is 21.5 Å². The second-order valence-electron chi connectivity index (χ2n) is 3.57. The number of likely N-dealkylation sites (N-methyl/N-ethyl adjacent to an activating group) is 1. The van der Waals surface area contributed by atoms with Crippen LogP contribution in [-0.2, 0) is 6.54 Å². The van der Waals surface area contributed by atoms with Crippen LogP contribution in [0.25, 0.3) is 10.8 Å². The van der Waals surface area contributed by atoms with E-state index in [0.29, 0.717) is 24.9 Å². The van der Waals surface area contributed by atoms with Gasteiger partial charge in [-0.3, -0.25) is 4.90 Å². The molecule has 5 nitrogen and oxygen atoms in total. The van der Waals surface area contributed by atoms with E-state index in [9.17, 15) is 0 Å². The van der Waals surface area contributed by atoms with Crippen LogP contribution in [0, 0.1) is 0 Å². The number of nitrogens with zero attached hydrogens (tertiary/aromatic N) is 3. The molecule has 0 aliphatic rings. The van der Waals surface area contributed by atoms with E-state index in [0.717, 1.165) is 11.4 Å². The van der Waals surface area contributed by atoms with Gasteiger partial charge in [0.2, 0.25) is 5.89 Å². The molecule has 17 heavy (non-hydrogen) atoms. The van der Waals surface area contributed by atoms with E-state index >= 15 is 0 Å². The topological polar surface area (TPSA) is 62.4 Å². The molecule has 0 aliphatic carbocycles. The summed E-state index contributed by atoms with van der Waals surface area (Å²) in [7, 11) is 0. The van der Waals surface area contributed by atoms with Gasteiger partial charge in [0.05, 0.1) is 18.0 Å². The summed E-state index contributed by atoms with van der Waals surface area (Å²) in [5, 5.41) is 18.9. The first kappa shape index (κ1) is 12.2. The van der Waals surface area contributed by atoms with Crippen molar-refractivity contribution in [3.05, 3.63) is 23.4 Å². The Kier molecular flexibility index (Phi) is 4.24. The summed E-state index contributed by atoms with van der Waals surface area (Å²) in [6.07, 6.45) is 0. The van der Waals surface area contributed by atoms with Crippen LogP contribution < -0.4 is 0 Å². The van der Waals surface area contributed by atoms with Crippen molar-refractivity contribution in [2.24, 2.45) is 0 Å². The van der Waals surface area contributed by atoms with Gasteiger partial charge in [0.1, 0.15) is 0 Å². The highest BCUT2D eigenvalue weighted by Crippen LogP contribution is 2.23. The van der Waals surface area contributed by atoms with Crippen LogP contribution >= 0.6 is 11.3 Å². The van der Waals surface area contributed by atoms with Crippen LogP contribution in [0.2, 0.25) is 0 Å². The monoisotopic (exact) mass is 253 g/mol. The fraction of sp³-hybridized carbons (Fsp3) is 0.455. The fourth-order valence-corrected chi connectivity index (χ4v) is 2.14. The van der Waals surface area contributed by atoms with E-state index in [1.54, 1.807) is 11.3 Å². The first-order chi connectivity index (χ1) is 8.33. The summed E-state index contributed by atoms with van der Waals surface area (Å²) < 4.78 is 5.57. The maximum atomic E-state index is 8.89. The Labute approximate surface area is 104 Å². The zero-order chi connectivity index (χ0) is 12.1. The lowest BCUT2D eigenvalue weighted by Gasteiger charge is -2.15. The Bertz CT molecular complexity index is 441. The van der Waals surface area contributed by atoms with E-state index in [1.165, 1.54) is 0 Å². The van der Waals surface area contributed by atoms with Crippen molar-refractivity contribution < 1.29 is 9.52 Å². The van der Waals surface area contributed by atoms with Crippen molar-refractivity contribution in [1.29, 1.82) is 0 Å². The first-order valence-corrected chi connectivity index (χ1v) is 6.41. The van der Waals surface area contributed by atoms with Crippen LogP contribution in [0.4, 0.5) is 0 Å². The maximum absolute atomic E-state index is 8.89. The molecular weight excluding hydrogens is 238 g/mol. The van der Waals surface area contributed by atoms with Gasteiger partial charge in [-0.05, 0) is 18.0 Å². The standard InChI is InChI=1S/C11H15N3O2S/c1-2-14(5-6-15)8-10-12-13-11(16-10)9-4-3-7-17-9/h3-4,7,15H,2,5-6,8H2,1H3. The zero-order valence-corrected chi connectivity index (χ0v) is 10.5. The molecule has 0 bridgehead atoms. The molecule has 0 aliphatic heterocycles. The van der Waals surface area contributed by atoms with Crippen LogP contribution in [0.15, 0.2) is 21.9 Å². The SMILES string of the molecule is CCN(CCO)Cc1nnc(-c2cccs2)o1. The molecule has 2 aromatic rings. The highest BCUT2D eigenvalue weighted by atomic mass is 32.1.